The number of aromatic nitrogens is 2. The van der Waals surface area contributed by atoms with Crippen LogP contribution in [0.15, 0.2) is 30.6 Å². The summed E-state index contributed by atoms with van der Waals surface area (Å²) in [6.07, 6.45) is 2.87. The van der Waals surface area contributed by atoms with Crippen LogP contribution in [0.1, 0.15) is 18.5 Å². The second-order valence-corrected chi connectivity index (χ2v) is 4.63. The molecule has 2 aromatic rings. The van der Waals surface area contributed by atoms with E-state index in [2.05, 4.69) is 9.97 Å². The summed E-state index contributed by atoms with van der Waals surface area (Å²) >= 11 is 0. The number of unbranched alkanes of at least 4 members (excludes halogenated alkanes) is 1. The normalized spacial score (nSPS) is 10.3. The van der Waals surface area contributed by atoms with Crippen molar-refractivity contribution in [2.75, 3.05) is 20.3 Å². The highest BCUT2D eigenvalue weighted by Gasteiger charge is 2.14. The molecule has 0 saturated carbocycles. The van der Waals surface area contributed by atoms with E-state index in [0.717, 1.165) is 6.42 Å². The van der Waals surface area contributed by atoms with Crippen molar-refractivity contribution in [1.29, 1.82) is 0 Å². The Hall–Kier alpha value is -2.34. The van der Waals surface area contributed by atoms with Crippen LogP contribution in [0, 0.1) is 6.92 Å². The van der Waals surface area contributed by atoms with E-state index in [1.165, 1.54) is 6.33 Å². The Kier molecular flexibility index (Phi) is 5.97. The predicted molar refractivity (Wildman–Crippen MR) is 81.7 cm³/mol. The van der Waals surface area contributed by atoms with Crippen LogP contribution in [-0.4, -0.2) is 35.4 Å². The van der Waals surface area contributed by atoms with Crippen LogP contribution in [0.5, 0.6) is 23.1 Å². The number of rotatable bonds is 8. The van der Waals surface area contributed by atoms with Gasteiger partial charge in [-0.25, -0.2) is 4.98 Å². The lowest BCUT2D eigenvalue weighted by Gasteiger charge is -2.14. The Morgan fingerprint density at radius 3 is 2.59 bits per heavy atom. The van der Waals surface area contributed by atoms with Crippen LogP contribution < -0.4 is 14.2 Å². The molecule has 0 radical (unpaired) electrons. The van der Waals surface area contributed by atoms with Gasteiger partial charge in [0.25, 0.3) is 5.88 Å². The lowest BCUT2D eigenvalue weighted by Crippen LogP contribution is -2.04. The highest BCUT2D eigenvalue weighted by molar-refractivity contribution is 5.46. The molecule has 0 unspecified atom stereocenters. The first-order valence-corrected chi connectivity index (χ1v) is 7.12. The monoisotopic (exact) mass is 304 g/mol. The molecule has 1 N–H and O–H groups in total. The first-order valence-electron chi connectivity index (χ1n) is 7.12. The number of benzene rings is 1. The molecule has 1 aromatic heterocycles. The van der Waals surface area contributed by atoms with Gasteiger partial charge in [0.15, 0.2) is 11.5 Å². The van der Waals surface area contributed by atoms with Gasteiger partial charge in [-0.2, -0.15) is 4.98 Å². The number of ether oxygens (including phenoxy) is 3. The third-order valence-corrected chi connectivity index (χ3v) is 3.02. The summed E-state index contributed by atoms with van der Waals surface area (Å²) in [7, 11) is 1.59. The number of aliphatic hydroxyl groups excluding tert-OH is 1. The van der Waals surface area contributed by atoms with E-state index in [4.69, 9.17) is 19.3 Å². The Bertz CT molecular complexity index is 604. The van der Waals surface area contributed by atoms with Crippen LogP contribution in [-0.2, 0) is 0 Å². The van der Waals surface area contributed by atoms with Crippen LogP contribution in [0.2, 0.25) is 0 Å². The minimum Gasteiger partial charge on any atom is -0.493 e. The van der Waals surface area contributed by atoms with Crippen molar-refractivity contribution in [3.8, 4) is 23.1 Å². The number of aliphatic hydroxyl groups is 1. The van der Waals surface area contributed by atoms with Crippen molar-refractivity contribution >= 4 is 0 Å². The first kappa shape index (κ1) is 16.0. The fourth-order valence-electron chi connectivity index (χ4n) is 1.86. The summed E-state index contributed by atoms with van der Waals surface area (Å²) < 4.78 is 16.8. The molecule has 0 fully saturated rings. The van der Waals surface area contributed by atoms with E-state index >= 15 is 0 Å². The number of methoxy groups -OCH3 is 1. The zero-order valence-corrected chi connectivity index (χ0v) is 12.8. The molecule has 0 aliphatic rings. The second-order valence-electron chi connectivity index (χ2n) is 4.63. The maximum atomic E-state index is 8.79. The lowest BCUT2D eigenvalue weighted by molar-refractivity contribution is 0.243. The van der Waals surface area contributed by atoms with Crippen molar-refractivity contribution in [3.05, 3.63) is 36.3 Å². The molecule has 1 aromatic carbocycles. The Morgan fingerprint density at radius 1 is 1.09 bits per heavy atom. The smallest absolute Gasteiger partial charge is 0.261 e. The van der Waals surface area contributed by atoms with Gasteiger partial charge in [-0.3, -0.25) is 0 Å². The molecule has 0 spiro atoms. The molecular weight excluding hydrogens is 284 g/mol. The highest BCUT2D eigenvalue weighted by atomic mass is 16.5. The summed E-state index contributed by atoms with van der Waals surface area (Å²) in [5.74, 6) is 2.05. The molecule has 6 nitrogen and oxygen atoms in total. The van der Waals surface area contributed by atoms with Crippen molar-refractivity contribution in [3.63, 3.8) is 0 Å². The van der Waals surface area contributed by atoms with Gasteiger partial charge in [-0.1, -0.05) is 12.1 Å². The van der Waals surface area contributed by atoms with Gasteiger partial charge in [0.2, 0.25) is 5.75 Å². The van der Waals surface area contributed by atoms with Crippen molar-refractivity contribution in [2.45, 2.75) is 19.8 Å². The van der Waals surface area contributed by atoms with Gasteiger partial charge in [0, 0.05) is 6.61 Å². The molecule has 6 heteroatoms. The number of nitrogens with zero attached hydrogens (tertiary/aromatic N) is 2. The van der Waals surface area contributed by atoms with E-state index in [1.54, 1.807) is 13.2 Å². The summed E-state index contributed by atoms with van der Waals surface area (Å²) in [6.45, 7) is 2.43. The molecule has 0 aliphatic carbocycles. The molecule has 0 saturated heterocycles. The van der Waals surface area contributed by atoms with Gasteiger partial charge in [-0.05, 0) is 31.9 Å². The number of hydrogen-bond acceptors (Lipinski definition) is 6. The minimum absolute atomic E-state index is 0.150. The largest absolute Gasteiger partial charge is 0.493 e. The zero-order valence-electron chi connectivity index (χ0n) is 12.8. The highest BCUT2D eigenvalue weighted by Crippen LogP contribution is 2.36. The Morgan fingerprint density at radius 2 is 1.86 bits per heavy atom. The molecule has 0 amide bonds. The summed E-state index contributed by atoms with van der Waals surface area (Å²) in [5.41, 5.74) is 0.679. The quantitative estimate of drug-likeness (QED) is 0.756. The fourth-order valence-corrected chi connectivity index (χ4v) is 1.86. The summed E-state index contributed by atoms with van der Waals surface area (Å²) in [5, 5.41) is 8.79. The van der Waals surface area contributed by atoms with E-state index in [9.17, 15) is 0 Å². The average molecular weight is 304 g/mol. The SMILES string of the molecule is COc1ccccc1Oc1c(C)ncnc1OCCCCO. The minimum atomic E-state index is 0.150. The first-order chi connectivity index (χ1) is 10.8. The van der Waals surface area contributed by atoms with Crippen molar-refractivity contribution in [1.82, 2.24) is 9.97 Å². The maximum Gasteiger partial charge on any atom is 0.261 e. The number of aryl methyl sites for hydroxylation is 1. The van der Waals surface area contributed by atoms with E-state index in [1.807, 2.05) is 25.1 Å². The topological polar surface area (TPSA) is 73.7 Å². The van der Waals surface area contributed by atoms with E-state index in [-0.39, 0.29) is 6.61 Å². The molecule has 2 rings (SSSR count). The van der Waals surface area contributed by atoms with Gasteiger partial charge >= 0.3 is 0 Å². The van der Waals surface area contributed by atoms with Crippen LogP contribution in [0.3, 0.4) is 0 Å². The van der Waals surface area contributed by atoms with Crippen LogP contribution in [0.25, 0.3) is 0 Å². The molecule has 22 heavy (non-hydrogen) atoms. The van der Waals surface area contributed by atoms with Crippen molar-refractivity contribution in [2.24, 2.45) is 0 Å². The van der Waals surface area contributed by atoms with Gasteiger partial charge < -0.3 is 19.3 Å². The summed E-state index contributed by atoms with van der Waals surface area (Å²) in [4.78, 5) is 8.27. The predicted octanol–water partition coefficient (Wildman–Crippen LogP) is 2.74. The van der Waals surface area contributed by atoms with E-state index in [0.29, 0.717) is 41.9 Å². The molecule has 0 aliphatic heterocycles. The molecule has 0 bridgehead atoms. The van der Waals surface area contributed by atoms with Crippen LogP contribution >= 0.6 is 0 Å². The summed E-state index contributed by atoms with van der Waals surface area (Å²) in [6, 6.07) is 7.35. The Labute approximate surface area is 129 Å². The molecule has 118 valence electrons. The standard InChI is InChI=1S/C16H20N2O4/c1-12-15(22-14-8-4-3-7-13(14)20-2)16(18-11-17-12)21-10-6-5-9-19/h3-4,7-8,11,19H,5-6,9-10H2,1-2H3. The van der Waals surface area contributed by atoms with Gasteiger partial charge in [0.1, 0.15) is 6.33 Å². The van der Waals surface area contributed by atoms with Gasteiger partial charge in [0.05, 0.1) is 19.4 Å². The van der Waals surface area contributed by atoms with E-state index < -0.39 is 0 Å². The fraction of sp³-hybridized carbons (Fsp3) is 0.375. The third-order valence-electron chi connectivity index (χ3n) is 3.02. The average Bonchev–Trinajstić information content (AvgIpc) is 2.55. The number of para-hydroxylation sites is 2. The molecule has 1 heterocycles. The van der Waals surface area contributed by atoms with Crippen LogP contribution in [0.4, 0.5) is 0 Å². The maximum absolute atomic E-state index is 8.79. The third kappa shape index (κ3) is 4.08. The lowest BCUT2D eigenvalue weighted by atomic mass is 10.3. The van der Waals surface area contributed by atoms with Gasteiger partial charge in [-0.15, -0.1) is 0 Å². The zero-order chi connectivity index (χ0) is 15.8. The molecular formula is C16H20N2O4. The number of hydrogen-bond donors (Lipinski definition) is 1. The Balaban J connectivity index is 2.18. The van der Waals surface area contributed by atoms with Crippen molar-refractivity contribution < 1.29 is 19.3 Å². The second kappa shape index (κ2) is 8.19. The molecule has 0 atom stereocenters.